The topological polar surface area (TPSA) is 113 Å². The van der Waals surface area contributed by atoms with Gasteiger partial charge in [0.1, 0.15) is 12.3 Å². The van der Waals surface area contributed by atoms with Crippen LogP contribution in [0.5, 0.6) is 0 Å². The van der Waals surface area contributed by atoms with Crippen LogP contribution in [0.25, 0.3) is 0 Å². The quantitative estimate of drug-likeness (QED) is 0.233. The van der Waals surface area contributed by atoms with Crippen molar-refractivity contribution in [3.05, 3.63) is 0 Å². The van der Waals surface area contributed by atoms with Crippen LogP contribution < -0.4 is 10.6 Å². The van der Waals surface area contributed by atoms with Crippen molar-refractivity contribution in [2.75, 3.05) is 6.54 Å². The summed E-state index contributed by atoms with van der Waals surface area (Å²) in [6.07, 6.45) is 3.97. The number of nitrogens with zero attached hydrogens (tertiary/aromatic N) is 1. The summed E-state index contributed by atoms with van der Waals surface area (Å²) in [5, 5.41) is 5.31. The highest BCUT2D eigenvalue weighted by atomic mass is 16.2. The van der Waals surface area contributed by atoms with Gasteiger partial charge in [-0.1, -0.05) is 48.0 Å². The molecule has 188 valence electrons. The summed E-state index contributed by atoms with van der Waals surface area (Å²) in [6, 6.07) is -1.31. The van der Waals surface area contributed by atoms with Gasteiger partial charge in [0.2, 0.25) is 23.6 Å². The van der Waals surface area contributed by atoms with E-state index in [9.17, 15) is 24.0 Å². The normalized spacial score (nSPS) is 20.0. The molecule has 1 fully saturated rings. The van der Waals surface area contributed by atoms with Gasteiger partial charge in [-0.3, -0.25) is 24.1 Å². The molecule has 8 nitrogen and oxygen atoms in total. The number of hydrogen-bond donors (Lipinski definition) is 2. The Bertz CT molecular complexity index is 721. The zero-order valence-corrected chi connectivity index (χ0v) is 21.4. The minimum Gasteiger partial charge on any atom is -0.345 e. The number of nitrogens with one attached hydrogen (secondary N) is 2. The van der Waals surface area contributed by atoms with Crippen LogP contribution in [0.15, 0.2) is 0 Å². The van der Waals surface area contributed by atoms with Crippen LogP contribution in [0.3, 0.4) is 0 Å². The predicted octanol–water partition coefficient (Wildman–Crippen LogP) is 2.84. The fourth-order valence-corrected chi connectivity index (χ4v) is 4.35. The van der Waals surface area contributed by atoms with Crippen molar-refractivity contribution in [1.82, 2.24) is 15.5 Å². The van der Waals surface area contributed by atoms with Crippen molar-refractivity contribution < 1.29 is 24.0 Å². The number of carbonyl (C=O) groups is 5. The summed E-state index contributed by atoms with van der Waals surface area (Å²) >= 11 is 0. The Morgan fingerprint density at radius 1 is 1.09 bits per heavy atom. The Kier molecular flexibility index (Phi) is 11.2. The number of unbranched alkanes of at least 4 members (excludes halogenated alkanes) is 2. The summed E-state index contributed by atoms with van der Waals surface area (Å²) in [7, 11) is 0. The first-order valence-corrected chi connectivity index (χ1v) is 12.3. The van der Waals surface area contributed by atoms with Gasteiger partial charge in [0.15, 0.2) is 0 Å². The molecule has 1 saturated heterocycles. The van der Waals surface area contributed by atoms with E-state index in [1.54, 1.807) is 6.92 Å². The Morgan fingerprint density at radius 3 is 2.24 bits per heavy atom. The molecule has 0 saturated carbocycles. The lowest BCUT2D eigenvalue weighted by atomic mass is 9.67. The van der Waals surface area contributed by atoms with Gasteiger partial charge >= 0.3 is 0 Å². The van der Waals surface area contributed by atoms with E-state index >= 15 is 0 Å². The lowest BCUT2D eigenvalue weighted by Crippen LogP contribution is -2.51. The maximum absolute atomic E-state index is 12.9. The van der Waals surface area contributed by atoms with Gasteiger partial charge in [-0.15, -0.1) is 0 Å². The first kappa shape index (κ1) is 28.8. The van der Waals surface area contributed by atoms with Gasteiger partial charge in [0, 0.05) is 19.4 Å². The van der Waals surface area contributed by atoms with Gasteiger partial charge in [0.25, 0.3) is 0 Å². The third-order valence-electron chi connectivity index (χ3n) is 7.25. The zero-order chi connectivity index (χ0) is 25.3. The van der Waals surface area contributed by atoms with Crippen molar-refractivity contribution in [3.63, 3.8) is 0 Å². The van der Waals surface area contributed by atoms with Crippen molar-refractivity contribution in [2.45, 2.75) is 99.1 Å². The third kappa shape index (κ3) is 7.64. The molecule has 4 amide bonds. The average molecular weight is 466 g/mol. The molecule has 0 aromatic rings. The highest BCUT2D eigenvalue weighted by Gasteiger charge is 2.48. The summed E-state index contributed by atoms with van der Waals surface area (Å²) in [6.45, 7) is 14.0. The fraction of sp³-hybridized carbons (Fsp3) is 0.800. The van der Waals surface area contributed by atoms with Crippen molar-refractivity contribution in [3.8, 4) is 0 Å². The minimum atomic E-state index is -0.703. The van der Waals surface area contributed by atoms with E-state index in [4.69, 9.17) is 0 Å². The van der Waals surface area contributed by atoms with E-state index in [0.29, 0.717) is 38.0 Å². The maximum atomic E-state index is 12.9. The molecule has 33 heavy (non-hydrogen) atoms. The van der Waals surface area contributed by atoms with Crippen LogP contribution in [0, 0.1) is 23.2 Å². The number of hydrogen-bond acceptors (Lipinski definition) is 5. The average Bonchev–Trinajstić information content (AvgIpc) is 3.04. The molecule has 1 rings (SSSR count). The van der Waals surface area contributed by atoms with Crippen LogP contribution in [0.1, 0.15) is 87.0 Å². The molecule has 0 radical (unpaired) electrons. The molecule has 8 heteroatoms. The number of carbonyl (C=O) groups excluding carboxylic acids is 5. The van der Waals surface area contributed by atoms with Crippen molar-refractivity contribution >= 4 is 29.9 Å². The van der Waals surface area contributed by atoms with E-state index in [-0.39, 0.29) is 53.7 Å². The van der Waals surface area contributed by atoms with E-state index in [1.165, 1.54) is 4.90 Å². The molecule has 0 aromatic heterocycles. The number of rotatable bonds is 14. The number of amides is 4. The van der Waals surface area contributed by atoms with E-state index in [1.807, 2.05) is 13.8 Å². The summed E-state index contributed by atoms with van der Waals surface area (Å²) < 4.78 is 0. The summed E-state index contributed by atoms with van der Waals surface area (Å²) in [5.41, 5.74) is -0.192. The Balaban J connectivity index is 2.48. The molecule has 1 aliphatic rings. The van der Waals surface area contributed by atoms with Crippen LogP contribution in [0.4, 0.5) is 0 Å². The van der Waals surface area contributed by atoms with Crippen LogP contribution >= 0.6 is 0 Å². The lowest BCUT2D eigenvalue weighted by Gasteiger charge is -2.37. The first-order chi connectivity index (χ1) is 15.4. The SMILES string of the molecule is CCC(C)(C(C)C)C1CC(=O)N(CCCCCC(=O)NC(C(=O)N[C@@H](C)C=O)C(C)C)C1=O. The number of aldehydes is 1. The van der Waals surface area contributed by atoms with Gasteiger partial charge in [-0.05, 0) is 43.4 Å². The summed E-state index contributed by atoms with van der Waals surface area (Å²) in [4.78, 5) is 62.2. The Morgan fingerprint density at radius 2 is 1.73 bits per heavy atom. The Labute approximate surface area is 198 Å². The smallest absolute Gasteiger partial charge is 0.243 e. The molecule has 2 N–H and O–H groups in total. The molecule has 1 aliphatic heterocycles. The minimum absolute atomic E-state index is 0.0638. The van der Waals surface area contributed by atoms with E-state index in [2.05, 4.69) is 38.3 Å². The summed E-state index contributed by atoms with van der Waals surface area (Å²) in [5.74, 6) is -0.842. The second-order valence-electron chi connectivity index (χ2n) is 10.2. The zero-order valence-electron chi connectivity index (χ0n) is 21.4. The number of imide groups is 1. The molecule has 0 bridgehead atoms. The molecule has 1 heterocycles. The van der Waals surface area contributed by atoms with Gasteiger partial charge in [0.05, 0.1) is 12.0 Å². The van der Waals surface area contributed by atoms with Gasteiger partial charge in [-0.25, -0.2) is 0 Å². The second-order valence-corrected chi connectivity index (χ2v) is 10.2. The predicted molar refractivity (Wildman–Crippen MR) is 127 cm³/mol. The van der Waals surface area contributed by atoms with Gasteiger partial charge in [-0.2, -0.15) is 0 Å². The monoisotopic (exact) mass is 465 g/mol. The third-order valence-corrected chi connectivity index (χ3v) is 7.25. The molecule has 0 aromatic carbocycles. The molecule has 0 aliphatic carbocycles. The van der Waals surface area contributed by atoms with Crippen LogP contribution in [-0.4, -0.2) is 53.4 Å². The van der Waals surface area contributed by atoms with Crippen molar-refractivity contribution in [2.24, 2.45) is 23.2 Å². The number of likely N-dealkylation sites (tertiary alicyclic amines) is 1. The van der Waals surface area contributed by atoms with Gasteiger partial charge < -0.3 is 15.4 Å². The highest BCUT2D eigenvalue weighted by molar-refractivity contribution is 6.03. The second kappa shape index (κ2) is 12.8. The molecule has 3 unspecified atom stereocenters. The Hall–Kier alpha value is -2.25. The van der Waals surface area contributed by atoms with Crippen LogP contribution in [0.2, 0.25) is 0 Å². The van der Waals surface area contributed by atoms with E-state index < -0.39 is 12.1 Å². The molecule has 4 atom stereocenters. The van der Waals surface area contributed by atoms with Crippen molar-refractivity contribution in [1.29, 1.82) is 0 Å². The fourth-order valence-electron chi connectivity index (χ4n) is 4.35. The molecular formula is C25H43N3O5. The molecule has 0 spiro atoms. The maximum Gasteiger partial charge on any atom is 0.243 e. The molecular weight excluding hydrogens is 422 g/mol. The highest BCUT2D eigenvalue weighted by Crippen LogP contribution is 2.44. The largest absolute Gasteiger partial charge is 0.345 e. The standard InChI is InChI=1S/C25H43N3O5/c1-8-25(7,17(4)5)19-14-21(31)28(24(19)33)13-11-9-10-12-20(30)27-22(16(2)3)23(32)26-18(6)15-29/h15-19,22H,8-14H2,1-7H3,(H,26,32)(H,27,30)/t18-,19?,22?,25?/m0/s1. The van der Waals surface area contributed by atoms with E-state index in [0.717, 1.165) is 6.42 Å². The lowest BCUT2D eigenvalue weighted by molar-refractivity contribution is -0.141. The first-order valence-electron chi connectivity index (χ1n) is 12.3. The van der Waals surface area contributed by atoms with Crippen LogP contribution in [-0.2, 0) is 24.0 Å².